The molecule has 13 heavy (non-hydrogen) atoms. The molecule has 5 nitrogen and oxygen atoms in total. The summed E-state index contributed by atoms with van der Waals surface area (Å²) in [7, 11) is -1.45. The van der Waals surface area contributed by atoms with Gasteiger partial charge in [0, 0.05) is 13.3 Å². The first-order chi connectivity index (χ1) is 5.77. The third-order valence-corrected chi connectivity index (χ3v) is 4.21. The number of hydrogen-bond donors (Lipinski definition) is 0. The summed E-state index contributed by atoms with van der Waals surface area (Å²) in [4.78, 5) is 0. The molecule has 0 atom stereocenters. The third-order valence-electron chi connectivity index (χ3n) is 2.18. The van der Waals surface area contributed by atoms with Crippen LogP contribution in [-0.4, -0.2) is 29.4 Å². The molecule has 6 heteroatoms. The standard InChI is InChI=1S/C7H13N3O2S/c1-7(2,13(4,11)12)6-9-8-5-10(6)3/h5H,1-4H3. The molecule has 1 heterocycles. The number of hydrogen-bond acceptors (Lipinski definition) is 4. The van der Waals surface area contributed by atoms with Crippen molar-refractivity contribution < 1.29 is 8.42 Å². The average molecular weight is 203 g/mol. The van der Waals surface area contributed by atoms with Crippen molar-refractivity contribution in [3.05, 3.63) is 12.2 Å². The van der Waals surface area contributed by atoms with Gasteiger partial charge in [-0.05, 0) is 13.8 Å². The molecule has 0 saturated heterocycles. The zero-order valence-corrected chi connectivity index (χ0v) is 8.96. The molecule has 0 amide bonds. The molecule has 74 valence electrons. The number of rotatable bonds is 2. The summed E-state index contributed by atoms with van der Waals surface area (Å²) >= 11 is 0. The maximum absolute atomic E-state index is 11.4. The second kappa shape index (κ2) is 2.80. The van der Waals surface area contributed by atoms with Crippen LogP contribution in [0.25, 0.3) is 0 Å². The second-order valence-corrected chi connectivity index (χ2v) is 6.11. The van der Waals surface area contributed by atoms with Crippen molar-refractivity contribution in [2.24, 2.45) is 7.05 Å². The molecular formula is C7H13N3O2S. The van der Waals surface area contributed by atoms with E-state index in [1.165, 1.54) is 12.6 Å². The Balaban J connectivity index is 3.31. The zero-order chi connectivity index (χ0) is 10.3. The topological polar surface area (TPSA) is 64.8 Å². The van der Waals surface area contributed by atoms with Gasteiger partial charge in [0.25, 0.3) is 0 Å². The van der Waals surface area contributed by atoms with Gasteiger partial charge < -0.3 is 4.57 Å². The highest BCUT2D eigenvalue weighted by atomic mass is 32.2. The van der Waals surface area contributed by atoms with Crippen LogP contribution >= 0.6 is 0 Å². The van der Waals surface area contributed by atoms with Crippen molar-refractivity contribution in [1.29, 1.82) is 0 Å². The Kier molecular flexibility index (Phi) is 2.19. The molecule has 0 saturated carbocycles. The summed E-state index contributed by atoms with van der Waals surface area (Å²) in [6.07, 6.45) is 2.68. The fourth-order valence-electron chi connectivity index (χ4n) is 0.994. The monoisotopic (exact) mass is 203 g/mol. The first-order valence-corrected chi connectivity index (χ1v) is 5.70. The average Bonchev–Trinajstić information content (AvgIpc) is 2.32. The van der Waals surface area contributed by atoms with Crippen molar-refractivity contribution in [2.45, 2.75) is 18.6 Å². The van der Waals surface area contributed by atoms with Crippen LogP contribution in [0, 0.1) is 0 Å². The van der Waals surface area contributed by atoms with Crippen molar-refractivity contribution in [3.63, 3.8) is 0 Å². The zero-order valence-electron chi connectivity index (χ0n) is 8.14. The van der Waals surface area contributed by atoms with Crippen LogP contribution in [0.4, 0.5) is 0 Å². The Hall–Kier alpha value is -0.910. The Bertz CT molecular complexity index is 405. The highest BCUT2D eigenvalue weighted by molar-refractivity contribution is 7.91. The predicted octanol–water partition coefficient (Wildman–Crippen LogP) is 0.0948. The van der Waals surface area contributed by atoms with E-state index < -0.39 is 14.6 Å². The molecule has 0 N–H and O–H groups in total. The highest BCUT2D eigenvalue weighted by Crippen LogP contribution is 2.26. The largest absolute Gasteiger partial charge is 0.319 e. The molecule has 1 aromatic heterocycles. The van der Waals surface area contributed by atoms with Crippen molar-refractivity contribution >= 4 is 9.84 Å². The summed E-state index contributed by atoms with van der Waals surface area (Å²) in [5.41, 5.74) is 0. The minimum atomic E-state index is -3.17. The van der Waals surface area contributed by atoms with Gasteiger partial charge in [0.15, 0.2) is 15.7 Å². The molecule has 0 fully saturated rings. The second-order valence-electron chi connectivity index (χ2n) is 3.55. The third kappa shape index (κ3) is 1.58. The van der Waals surface area contributed by atoms with Gasteiger partial charge in [0.05, 0.1) is 0 Å². The SMILES string of the molecule is Cn1cnnc1C(C)(C)S(C)(=O)=O. The lowest BCUT2D eigenvalue weighted by molar-refractivity contribution is 0.540. The minimum absolute atomic E-state index is 0.454. The molecule has 0 unspecified atom stereocenters. The summed E-state index contributed by atoms with van der Waals surface area (Å²) in [6, 6.07) is 0. The van der Waals surface area contributed by atoms with Crippen molar-refractivity contribution in [1.82, 2.24) is 14.8 Å². The first kappa shape index (κ1) is 10.2. The number of nitrogens with zero attached hydrogens (tertiary/aromatic N) is 3. The van der Waals surface area contributed by atoms with Gasteiger partial charge >= 0.3 is 0 Å². The summed E-state index contributed by atoms with van der Waals surface area (Å²) in [6.45, 7) is 3.23. The minimum Gasteiger partial charge on any atom is -0.319 e. The summed E-state index contributed by atoms with van der Waals surface area (Å²) < 4.78 is 23.5. The molecule has 1 rings (SSSR count). The predicted molar refractivity (Wildman–Crippen MR) is 48.9 cm³/mol. The first-order valence-electron chi connectivity index (χ1n) is 3.81. The van der Waals surface area contributed by atoms with Gasteiger partial charge in [0.1, 0.15) is 11.1 Å². The molecule has 0 spiro atoms. The van der Waals surface area contributed by atoms with E-state index in [1.807, 2.05) is 0 Å². The lowest BCUT2D eigenvalue weighted by Gasteiger charge is -2.20. The van der Waals surface area contributed by atoms with E-state index in [0.29, 0.717) is 5.82 Å². The lowest BCUT2D eigenvalue weighted by Crippen LogP contribution is -2.31. The van der Waals surface area contributed by atoms with E-state index in [2.05, 4.69) is 10.2 Å². The van der Waals surface area contributed by atoms with Crippen LogP contribution in [0.1, 0.15) is 19.7 Å². The maximum Gasteiger partial charge on any atom is 0.159 e. The Morgan fingerprint density at radius 2 is 2.00 bits per heavy atom. The lowest BCUT2D eigenvalue weighted by atomic mass is 10.2. The van der Waals surface area contributed by atoms with Gasteiger partial charge in [-0.25, -0.2) is 8.42 Å². The van der Waals surface area contributed by atoms with Gasteiger partial charge in [-0.3, -0.25) is 0 Å². The Labute approximate surface area is 77.7 Å². The number of sulfone groups is 1. The van der Waals surface area contributed by atoms with Crippen LogP contribution in [0.3, 0.4) is 0 Å². The van der Waals surface area contributed by atoms with Crippen LogP contribution in [0.5, 0.6) is 0 Å². The summed E-state index contributed by atoms with van der Waals surface area (Å²) in [5.74, 6) is 0.454. The van der Waals surface area contributed by atoms with E-state index in [9.17, 15) is 8.42 Å². The molecule has 0 bridgehead atoms. The van der Waals surface area contributed by atoms with Crippen LogP contribution in [0.15, 0.2) is 6.33 Å². The fourth-order valence-corrected chi connectivity index (χ4v) is 1.51. The Morgan fingerprint density at radius 1 is 1.46 bits per heavy atom. The molecule has 0 radical (unpaired) electrons. The van der Waals surface area contributed by atoms with Gasteiger partial charge in [-0.1, -0.05) is 0 Å². The molecule has 0 aliphatic rings. The van der Waals surface area contributed by atoms with Crippen LogP contribution in [0.2, 0.25) is 0 Å². The Morgan fingerprint density at radius 3 is 2.31 bits per heavy atom. The van der Waals surface area contributed by atoms with Crippen molar-refractivity contribution in [2.75, 3.05) is 6.26 Å². The fraction of sp³-hybridized carbons (Fsp3) is 0.714. The maximum atomic E-state index is 11.4. The summed E-state index contributed by atoms with van der Waals surface area (Å²) in [5, 5.41) is 7.44. The van der Waals surface area contributed by atoms with E-state index >= 15 is 0 Å². The van der Waals surface area contributed by atoms with Gasteiger partial charge in [-0.2, -0.15) is 0 Å². The molecular weight excluding hydrogens is 190 g/mol. The highest BCUT2D eigenvalue weighted by Gasteiger charge is 2.36. The van der Waals surface area contributed by atoms with Gasteiger partial charge in [0.2, 0.25) is 0 Å². The van der Waals surface area contributed by atoms with E-state index in [1.54, 1.807) is 25.5 Å². The van der Waals surface area contributed by atoms with E-state index in [4.69, 9.17) is 0 Å². The van der Waals surface area contributed by atoms with Crippen LogP contribution in [-0.2, 0) is 21.6 Å². The molecule has 0 aliphatic carbocycles. The molecule has 1 aromatic rings. The number of aryl methyl sites for hydroxylation is 1. The number of aromatic nitrogens is 3. The smallest absolute Gasteiger partial charge is 0.159 e. The van der Waals surface area contributed by atoms with E-state index in [0.717, 1.165) is 0 Å². The molecule has 0 aromatic carbocycles. The van der Waals surface area contributed by atoms with Gasteiger partial charge in [-0.15, -0.1) is 10.2 Å². The quantitative estimate of drug-likeness (QED) is 0.683. The van der Waals surface area contributed by atoms with Crippen LogP contribution < -0.4 is 0 Å². The normalized spacial score (nSPS) is 13.2. The van der Waals surface area contributed by atoms with E-state index in [-0.39, 0.29) is 0 Å². The molecule has 0 aliphatic heterocycles. The van der Waals surface area contributed by atoms with Crippen molar-refractivity contribution in [3.8, 4) is 0 Å².